The molecule has 11 heteroatoms. The van der Waals surface area contributed by atoms with Gasteiger partial charge in [-0.3, -0.25) is 4.79 Å². The van der Waals surface area contributed by atoms with Crippen molar-refractivity contribution in [3.63, 3.8) is 0 Å². The summed E-state index contributed by atoms with van der Waals surface area (Å²) in [6.07, 6.45) is -5.64. The minimum Gasteiger partial charge on any atom is -0.434 e. The van der Waals surface area contributed by atoms with Gasteiger partial charge in [0.25, 0.3) is 5.91 Å². The van der Waals surface area contributed by atoms with Crippen molar-refractivity contribution in [3.05, 3.63) is 58.6 Å². The van der Waals surface area contributed by atoms with Crippen LogP contribution in [0, 0.1) is 0 Å². The summed E-state index contributed by atoms with van der Waals surface area (Å²) < 4.78 is 43.6. The number of halogens is 4. The lowest BCUT2D eigenvalue weighted by molar-refractivity contribution is -0.145. The number of rotatable bonds is 4. The highest BCUT2D eigenvalue weighted by Crippen LogP contribution is 2.28. The molecule has 2 amide bonds. The predicted octanol–water partition coefficient (Wildman–Crippen LogP) is 2.46. The summed E-state index contributed by atoms with van der Waals surface area (Å²) in [5.41, 5.74) is 0.363. The van der Waals surface area contributed by atoms with Crippen LogP contribution in [0.3, 0.4) is 0 Å². The summed E-state index contributed by atoms with van der Waals surface area (Å²) in [6, 6.07) is 6.37. The van der Waals surface area contributed by atoms with E-state index in [1.165, 1.54) is 18.2 Å². The van der Waals surface area contributed by atoms with Crippen LogP contribution >= 0.6 is 11.6 Å². The van der Waals surface area contributed by atoms with Crippen LogP contribution in [0.15, 0.2) is 36.5 Å². The van der Waals surface area contributed by atoms with Gasteiger partial charge in [-0.05, 0) is 23.8 Å². The molecule has 7 nitrogen and oxygen atoms in total. The molecule has 0 radical (unpaired) electrons. The van der Waals surface area contributed by atoms with Crippen molar-refractivity contribution in [1.82, 2.24) is 20.6 Å². The second-order valence-corrected chi connectivity index (χ2v) is 6.01. The number of alkyl halides is 3. The molecule has 0 saturated carbocycles. The second kappa shape index (κ2) is 7.39. The Morgan fingerprint density at radius 2 is 2.00 bits per heavy atom. The van der Waals surface area contributed by atoms with Gasteiger partial charge < -0.3 is 15.4 Å². The first-order valence-electron chi connectivity index (χ1n) is 7.64. The van der Waals surface area contributed by atoms with Gasteiger partial charge in [-0.15, -0.1) is 0 Å². The van der Waals surface area contributed by atoms with Crippen LogP contribution < -0.4 is 10.6 Å². The molecule has 0 aliphatic carbocycles. The number of carbonyl (C=O) groups is 2. The number of hydrogen-bond acceptors (Lipinski definition) is 5. The van der Waals surface area contributed by atoms with Crippen molar-refractivity contribution in [3.8, 4) is 0 Å². The Morgan fingerprint density at radius 1 is 1.30 bits per heavy atom. The molecule has 1 aliphatic rings. The molecule has 2 N–H and O–H groups in total. The molecule has 27 heavy (non-hydrogen) atoms. The maximum absolute atomic E-state index is 12.9. The topological polar surface area (TPSA) is 93.2 Å². The van der Waals surface area contributed by atoms with Crippen molar-refractivity contribution in [2.45, 2.75) is 18.3 Å². The number of ether oxygens (including phenoxy) is 1. The Kier molecular flexibility index (Phi) is 5.17. The van der Waals surface area contributed by atoms with Crippen molar-refractivity contribution in [1.29, 1.82) is 0 Å². The van der Waals surface area contributed by atoms with Gasteiger partial charge >= 0.3 is 12.3 Å². The number of nitrogens with one attached hydrogen (secondary N) is 2. The average Bonchev–Trinajstić information content (AvgIpc) is 3.06. The number of hydrogen-bond donors (Lipinski definition) is 2. The summed E-state index contributed by atoms with van der Waals surface area (Å²) in [5, 5.41) is 5.29. The normalized spacial score (nSPS) is 17.8. The second-order valence-electron chi connectivity index (χ2n) is 5.57. The maximum atomic E-state index is 12.9. The van der Waals surface area contributed by atoms with Crippen LogP contribution in [-0.4, -0.2) is 34.6 Å². The van der Waals surface area contributed by atoms with Crippen molar-refractivity contribution in [2.75, 3.05) is 6.54 Å². The third-order valence-corrected chi connectivity index (χ3v) is 3.94. The van der Waals surface area contributed by atoms with Crippen LogP contribution in [0.2, 0.25) is 5.02 Å². The molecule has 1 aromatic heterocycles. The van der Waals surface area contributed by atoms with Gasteiger partial charge in [-0.1, -0.05) is 23.7 Å². The van der Waals surface area contributed by atoms with E-state index in [2.05, 4.69) is 20.6 Å². The highest BCUT2D eigenvalue weighted by atomic mass is 35.5. The molecule has 0 unspecified atom stereocenters. The fourth-order valence-corrected chi connectivity index (χ4v) is 2.55. The van der Waals surface area contributed by atoms with Gasteiger partial charge in [0, 0.05) is 11.2 Å². The fourth-order valence-electron chi connectivity index (χ4n) is 2.42. The number of carbonyl (C=O) groups excluding carboxylic acids is 2. The van der Waals surface area contributed by atoms with E-state index < -0.39 is 36.1 Å². The molecule has 142 valence electrons. The van der Waals surface area contributed by atoms with Crippen molar-refractivity contribution < 1.29 is 27.5 Å². The van der Waals surface area contributed by atoms with E-state index in [1.54, 1.807) is 12.1 Å². The van der Waals surface area contributed by atoms with E-state index in [-0.39, 0.29) is 12.2 Å². The molecular weight excluding hydrogens is 389 g/mol. The van der Waals surface area contributed by atoms with E-state index in [1.807, 2.05) is 0 Å². The number of nitrogens with zero attached hydrogens (tertiary/aromatic N) is 2. The minimum absolute atomic E-state index is 0.0461. The van der Waals surface area contributed by atoms with E-state index in [0.717, 1.165) is 6.20 Å². The zero-order valence-electron chi connectivity index (χ0n) is 13.5. The van der Waals surface area contributed by atoms with E-state index in [9.17, 15) is 22.8 Å². The van der Waals surface area contributed by atoms with E-state index in [4.69, 9.17) is 16.3 Å². The number of amides is 2. The van der Waals surface area contributed by atoms with Crippen LogP contribution in [-0.2, 0) is 15.7 Å². The molecule has 1 fully saturated rings. The Balaban J connectivity index is 1.94. The Bertz CT molecular complexity index is 861. The Labute approximate surface area is 155 Å². The largest absolute Gasteiger partial charge is 0.451 e. The molecule has 2 atom stereocenters. The highest BCUT2D eigenvalue weighted by molar-refractivity contribution is 6.30. The van der Waals surface area contributed by atoms with Gasteiger partial charge in [0.1, 0.15) is 0 Å². The van der Waals surface area contributed by atoms with Gasteiger partial charge in [-0.25, -0.2) is 14.8 Å². The number of benzene rings is 1. The molecule has 2 heterocycles. The fraction of sp³-hybridized carbons (Fsp3) is 0.250. The molecule has 1 saturated heterocycles. The molecule has 1 aliphatic heterocycles. The quantitative estimate of drug-likeness (QED) is 0.822. The highest BCUT2D eigenvalue weighted by Gasteiger charge is 2.36. The molecule has 0 bridgehead atoms. The summed E-state index contributed by atoms with van der Waals surface area (Å²) in [5.74, 6) is -2.01. The smallest absolute Gasteiger partial charge is 0.434 e. The third kappa shape index (κ3) is 4.45. The molecule has 1 aromatic carbocycles. The van der Waals surface area contributed by atoms with Crippen LogP contribution in [0.1, 0.15) is 23.1 Å². The monoisotopic (exact) mass is 400 g/mol. The number of cyclic esters (lactones) is 1. The third-order valence-electron chi connectivity index (χ3n) is 3.69. The molecule has 3 rings (SSSR count). The molecule has 0 spiro atoms. The van der Waals surface area contributed by atoms with Crippen molar-refractivity contribution in [2.24, 2.45) is 0 Å². The first kappa shape index (κ1) is 18.9. The summed E-state index contributed by atoms with van der Waals surface area (Å²) >= 11 is 5.85. The van der Waals surface area contributed by atoms with Crippen LogP contribution in [0.5, 0.6) is 0 Å². The predicted molar refractivity (Wildman–Crippen MR) is 86.7 cm³/mol. The minimum atomic E-state index is -4.74. The maximum Gasteiger partial charge on any atom is 0.451 e. The van der Waals surface area contributed by atoms with Gasteiger partial charge in [0.2, 0.25) is 5.82 Å². The SMILES string of the molecule is O=C1NC[C@@H](C(=O)N[C@H](c2ccc(Cl)cc2)c2ccnc(C(F)(F)F)n2)O1. The number of aromatic nitrogens is 2. The lowest BCUT2D eigenvalue weighted by Gasteiger charge is -2.21. The van der Waals surface area contributed by atoms with Crippen LogP contribution in [0.25, 0.3) is 0 Å². The standard InChI is InChI=1S/C16H12ClF3N4O3/c17-9-3-1-8(2-4-9)12(24-13(25)11-7-22-15(26)27-11)10-5-6-21-14(23-10)16(18,19)20/h1-6,11-12H,7H2,(H,22,26)(H,24,25)/t11-,12+/m0/s1. The van der Waals surface area contributed by atoms with E-state index >= 15 is 0 Å². The summed E-state index contributed by atoms with van der Waals surface area (Å²) in [7, 11) is 0. The van der Waals surface area contributed by atoms with Crippen molar-refractivity contribution >= 4 is 23.6 Å². The molecule has 2 aromatic rings. The molecular formula is C16H12ClF3N4O3. The van der Waals surface area contributed by atoms with E-state index in [0.29, 0.717) is 10.6 Å². The first-order chi connectivity index (χ1) is 12.7. The Hall–Kier alpha value is -2.88. The van der Waals surface area contributed by atoms with Gasteiger partial charge in [0.05, 0.1) is 18.3 Å². The van der Waals surface area contributed by atoms with Crippen LogP contribution in [0.4, 0.5) is 18.0 Å². The Morgan fingerprint density at radius 3 is 2.59 bits per heavy atom. The van der Waals surface area contributed by atoms with Gasteiger partial charge in [-0.2, -0.15) is 13.2 Å². The summed E-state index contributed by atoms with van der Waals surface area (Å²) in [6.45, 7) is -0.0461. The lowest BCUT2D eigenvalue weighted by atomic mass is 10.0. The number of alkyl carbamates (subject to hydrolysis) is 1. The zero-order valence-corrected chi connectivity index (χ0v) is 14.2. The average molecular weight is 401 g/mol. The summed E-state index contributed by atoms with van der Waals surface area (Å²) in [4.78, 5) is 30.2. The lowest BCUT2D eigenvalue weighted by Crippen LogP contribution is -2.39. The zero-order chi connectivity index (χ0) is 19.6. The first-order valence-corrected chi connectivity index (χ1v) is 8.02. The van der Waals surface area contributed by atoms with Gasteiger partial charge in [0.15, 0.2) is 6.10 Å².